The highest BCUT2D eigenvalue weighted by Gasteiger charge is 2.10. The van der Waals surface area contributed by atoms with Gasteiger partial charge in [-0.15, -0.1) is 0 Å². The van der Waals surface area contributed by atoms with Gasteiger partial charge in [0, 0.05) is 21.8 Å². The van der Waals surface area contributed by atoms with Gasteiger partial charge in [0.1, 0.15) is 0 Å². The van der Waals surface area contributed by atoms with Crippen LogP contribution in [0.5, 0.6) is 0 Å². The molecule has 15 heavy (non-hydrogen) atoms. The van der Waals surface area contributed by atoms with Crippen molar-refractivity contribution < 1.29 is 14.7 Å². The van der Waals surface area contributed by atoms with E-state index in [1.807, 2.05) is 0 Å². The lowest BCUT2D eigenvalue weighted by molar-refractivity contribution is 0.0697. The Morgan fingerprint density at radius 3 is 2.33 bits per heavy atom. The van der Waals surface area contributed by atoms with Gasteiger partial charge in [-0.05, 0) is 18.2 Å². The van der Waals surface area contributed by atoms with Gasteiger partial charge in [-0.1, -0.05) is 31.9 Å². The maximum absolute atomic E-state index is 11.5. The minimum Gasteiger partial charge on any atom is -0.478 e. The summed E-state index contributed by atoms with van der Waals surface area (Å²) in [6.45, 7) is 0. The highest BCUT2D eigenvalue weighted by molar-refractivity contribution is 9.10. The van der Waals surface area contributed by atoms with Crippen LogP contribution < -0.4 is 0 Å². The second-order valence-electron chi connectivity index (χ2n) is 2.90. The number of carboxylic acid groups (broad SMARTS) is 1. The molecule has 0 unspecified atom stereocenters. The predicted octanol–water partition coefficient (Wildman–Crippen LogP) is 3.12. The Morgan fingerprint density at radius 2 is 1.80 bits per heavy atom. The average Bonchev–Trinajstić information content (AvgIpc) is 2.17. The summed E-state index contributed by atoms with van der Waals surface area (Å²) >= 11 is 6.34. The molecule has 0 saturated carbocycles. The largest absolute Gasteiger partial charge is 0.478 e. The first kappa shape index (κ1) is 12.4. The number of carbonyl (C=O) groups is 2. The molecule has 0 amide bonds. The summed E-state index contributed by atoms with van der Waals surface area (Å²) < 4.78 is 0.598. The Balaban J connectivity index is 3.09. The van der Waals surface area contributed by atoms with Crippen molar-refractivity contribution in [3.63, 3.8) is 0 Å². The molecule has 0 radical (unpaired) electrons. The van der Waals surface area contributed by atoms with E-state index < -0.39 is 5.97 Å². The number of alkyl halides is 1. The molecule has 5 heteroatoms. The topological polar surface area (TPSA) is 54.4 Å². The first-order valence-corrected chi connectivity index (χ1v) is 6.09. The third-order valence-corrected chi connectivity index (χ3v) is 2.64. The molecule has 1 rings (SSSR count). The zero-order valence-corrected chi connectivity index (χ0v) is 10.8. The summed E-state index contributed by atoms with van der Waals surface area (Å²) in [5.41, 5.74) is 0.531. The van der Waals surface area contributed by atoms with E-state index in [0.29, 0.717) is 21.8 Å². The van der Waals surface area contributed by atoms with Gasteiger partial charge < -0.3 is 5.11 Å². The van der Waals surface area contributed by atoms with Crippen molar-refractivity contribution >= 4 is 43.6 Å². The number of hydrogen-bond acceptors (Lipinski definition) is 2. The first-order chi connectivity index (χ1) is 7.04. The lowest BCUT2D eigenvalue weighted by Crippen LogP contribution is -2.03. The summed E-state index contributed by atoms with van der Waals surface area (Å²) in [5, 5.41) is 9.37. The highest BCUT2D eigenvalue weighted by Crippen LogP contribution is 2.17. The van der Waals surface area contributed by atoms with Crippen LogP contribution in [0.1, 0.15) is 27.1 Å². The van der Waals surface area contributed by atoms with E-state index in [-0.39, 0.29) is 11.3 Å². The van der Waals surface area contributed by atoms with Gasteiger partial charge in [0.15, 0.2) is 5.78 Å². The summed E-state index contributed by atoms with van der Waals surface area (Å²) in [4.78, 5) is 22.3. The first-order valence-electron chi connectivity index (χ1n) is 4.17. The molecule has 0 saturated heterocycles. The molecule has 0 aliphatic carbocycles. The standard InChI is InChI=1S/C10H8Br2O3/c11-2-1-9(13)6-3-7(10(14)15)5-8(12)4-6/h3-5H,1-2H2,(H,14,15). The molecule has 0 aromatic heterocycles. The molecule has 80 valence electrons. The van der Waals surface area contributed by atoms with E-state index in [9.17, 15) is 9.59 Å². The summed E-state index contributed by atoms with van der Waals surface area (Å²) in [6.07, 6.45) is 0.357. The number of rotatable bonds is 4. The lowest BCUT2D eigenvalue weighted by atomic mass is 10.1. The fourth-order valence-electron chi connectivity index (χ4n) is 1.10. The highest BCUT2D eigenvalue weighted by atomic mass is 79.9. The van der Waals surface area contributed by atoms with Crippen molar-refractivity contribution in [1.29, 1.82) is 0 Å². The molecule has 1 aromatic carbocycles. The summed E-state index contributed by atoms with van der Waals surface area (Å²) in [7, 11) is 0. The molecule has 0 bridgehead atoms. The van der Waals surface area contributed by atoms with Gasteiger partial charge in [-0.25, -0.2) is 4.79 Å². The van der Waals surface area contributed by atoms with E-state index in [1.54, 1.807) is 6.07 Å². The maximum Gasteiger partial charge on any atom is 0.335 e. The van der Waals surface area contributed by atoms with Crippen molar-refractivity contribution in [2.24, 2.45) is 0 Å². The number of Topliss-reactive ketones (excluding diaryl/α,β-unsaturated/α-hetero) is 1. The lowest BCUT2D eigenvalue weighted by Gasteiger charge is -2.02. The molecule has 0 aliphatic heterocycles. The van der Waals surface area contributed by atoms with E-state index in [2.05, 4.69) is 31.9 Å². The van der Waals surface area contributed by atoms with Gasteiger partial charge in [0.05, 0.1) is 5.56 Å². The normalized spacial score (nSPS) is 10.0. The fraction of sp³-hybridized carbons (Fsp3) is 0.200. The fourth-order valence-corrected chi connectivity index (χ4v) is 1.96. The molecule has 0 spiro atoms. The molecular formula is C10H8Br2O3. The van der Waals surface area contributed by atoms with E-state index in [4.69, 9.17) is 5.11 Å². The third kappa shape index (κ3) is 3.43. The Kier molecular flexibility index (Phi) is 4.47. The van der Waals surface area contributed by atoms with Crippen LogP contribution in [0.15, 0.2) is 22.7 Å². The number of halogens is 2. The van der Waals surface area contributed by atoms with Crippen LogP contribution in [-0.2, 0) is 0 Å². The number of carbonyl (C=O) groups excluding carboxylic acids is 1. The molecule has 0 aliphatic rings. The quantitative estimate of drug-likeness (QED) is 0.679. The van der Waals surface area contributed by atoms with Crippen LogP contribution in [0.2, 0.25) is 0 Å². The zero-order chi connectivity index (χ0) is 11.4. The number of aromatic carboxylic acids is 1. The summed E-state index contributed by atoms with van der Waals surface area (Å²) in [6, 6.07) is 4.47. The van der Waals surface area contributed by atoms with E-state index >= 15 is 0 Å². The van der Waals surface area contributed by atoms with Crippen molar-refractivity contribution in [2.75, 3.05) is 5.33 Å². The van der Waals surface area contributed by atoms with Crippen molar-refractivity contribution in [3.05, 3.63) is 33.8 Å². The number of benzene rings is 1. The van der Waals surface area contributed by atoms with E-state index in [1.165, 1.54) is 12.1 Å². The second-order valence-corrected chi connectivity index (χ2v) is 4.60. The number of ketones is 1. The zero-order valence-electron chi connectivity index (χ0n) is 7.67. The van der Waals surface area contributed by atoms with Crippen LogP contribution in [0, 0.1) is 0 Å². The van der Waals surface area contributed by atoms with Crippen LogP contribution in [0.3, 0.4) is 0 Å². The van der Waals surface area contributed by atoms with Crippen molar-refractivity contribution in [1.82, 2.24) is 0 Å². The van der Waals surface area contributed by atoms with Crippen molar-refractivity contribution in [2.45, 2.75) is 6.42 Å². The maximum atomic E-state index is 11.5. The molecule has 3 nitrogen and oxygen atoms in total. The Hall–Kier alpha value is -0.680. The van der Waals surface area contributed by atoms with Crippen LogP contribution in [0.4, 0.5) is 0 Å². The van der Waals surface area contributed by atoms with Crippen molar-refractivity contribution in [3.8, 4) is 0 Å². The smallest absolute Gasteiger partial charge is 0.335 e. The van der Waals surface area contributed by atoms with Gasteiger partial charge in [0.25, 0.3) is 0 Å². The minimum absolute atomic E-state index is 0.0734. The number of carboxylic acids is 1. The Bertz CT molecular complexity index is 402. The van der Waals surface area contributed by atoms with Crippen LogP contribution in [-0.4, -0.2) is 22.2 Å². The molecule has 0 atom stereocenters. The molecular weight excluding hydrogens is 328 g/mol. The number of hydrogen-bond donors (Lipinski definition) is 1. The van der Waals surface area contributed by atoms with Crippen LogP contribution >= 0.6 is 31.9 Å². The molecule has 1 N–H and O–H groups in total. The second kappa shape index (κ2) is 5.42. The molecule has 0 fully saturated rings. The van der Waals surface area contributed by atoms with Crippen LogP contribution in [0.25, 0.3) is 0 Å². The SMILES string of the molecule is O=C(O)c1cc(Br)cc(C(=O)CCBr)c1. The third-order valence-electron chi connectivity index (χ3n) is 1.79. The van der Waals surface area contributed by atoms with Gasteiger partial charge in [-0.3, -0.25) is 4.79 Å². The Labute approximate surface area is 104 Å². The van der Waals surface area contributed by atoms with Gasteiger partial charge in [-0.2, -0.15) is 0 Å². The van der Waals surface area contributed by atoms with Gasteiger partial charge in [0.2, 0.25) is 0 Å². The monoisotopic (exact) mass is 334 g/mol. The summed E-state index contributed by atoms with van der Waals surface area (Å²) in [5.74, 6) is -1.11. The minimum atomic E-state index is -1.04. The molecule has 0 heterocycles. The average molecular weight is 336 g/mol. The predicted molar refractivity (Wildman–Crippen MR) is 63.8 cm³/mol. The van der Waals surface area contributed by atoms with E-state index in [0.717, 1.165) is 0 Å². The van der Waals surface area contributed by atoms with Gasteiger partial charge >= 0.3 is 5.97 Å². The molecule has 1 aromatic rings. The Morgan fingerprint density at radius 1 is 1.20 bits per heavy atom.